The van der Waals surface area contributed by atoms with Gasteiger partial charge in [0.2, 0.25) is 0 Å². The summed E-state index contributed by atoms with van der Waals surface area (Å²) in [5.74, 6) is 0.0994. The molecule has 0 atom stereocenters. The van der Waals surface area contributed by atoms with Crippen LogP contribution in [0.4, 0.5) is 9.18 Å². The van der Waals surface area contributed by atoms with Crippen LogP contribution in [0, 0.1) is 5.82 Å². The van der Waals surface area contributed by atoms with Gasteiger partial charge in [-0.1, -0.05) is 0 Å². The maximum atomic E-state index is 13.0. The topological polar surface area (TPSA) is 81.0 Å². The Balaban J connectivity index is 2.11. The Morgan fingerprint density at radius 1 is 1.27 bits per heavy atom. The van der Waals surface area contributed by atoms with Crippen molar-refractivity contribution in [1.29, 1.82) is 0 Å². The lowest BCUT2D eigenvalue weighted by molar-refractivity contribution is 0.241. The minimum absolute atomic E-state index is 0.255. The number of carbonyl (C=O) groups excluding carboxylic acids is 1. The number of hydrogen-bond donors (Lipinski definition) is 2. The summed E-state index contributed by atoms with van der Waals surface area (Å²) in [6.45, 7) is 2.89. The molecule has 2 aromatic rings. The summed E-state index contributed by atoms with van der Waals surface area (Å²) in [6.07, 6.45) is 0. The van der Waals surface area contributed by atoms with Gasteiger partial charge in [0.05, 0.1) is 6.54 Å². The molecule has 7 nitrogen and oxygen atoms in total. The van der Waals surface area contributed by atoms with Crippen molar-refractivity contribution in [1.82, 2.24) is 25.0 Å². The third kappa shape index (κ3) is 3.51. The molecular weight excluding hydrogens is 289 g/mol. The van der Waals surface area contributed by atoms with Crippen LogP contribution in [0.5, 0.6) is 0 Å². The molecule has 0 aliphatic rings. The number of aromatic nitrogens is 3. The van der Waals surface area contributed by atoms with Gasteiger partial charge in [-0.05, 0) is 31.2 Å². The lowest BCUT2D eigenvalue weighted by Gasteiger charge is -2.04. The number of rotatable bonds is 5. The molecule has 0 saturated heterocycles. The molecule has 0 unspecified atom stereocenters. The second-order valence-corrected chi connectivity index (χ2v) is 4.68. The average Bonchev–Trinajstić information content (AvgIpc) is 2.77. The Morgan fingerprint density at radius 2 is 1.95 bits per heavy atom. The third-order valence-corrected chi connectivity index (χ3v) is 3.09. The van der Waals surface area contributed by atoms with Crippen molar-refractivity contribution in [2.24, 2.45) is 7.05 Å². The lowest BCUT2D eigenvalue weighted by atomic mass is 10.2. The lowest BCUT2D eigenvalue weighted by Crippen LogP contribution is -2.38. The molecule has 1 heterocycles. The van der Waals surface area contributed by atoms with Crippen molar-refractivity contribution < 1.29 is 9.18 Å². The largest absolute Gasteiger partial charge is 0.345 e. The predicted octanol–water partition coefficient (Wildman–Crippen LogP) is 0.707. The van der Waals surface area contributed by atoms with E-state index in [-0.39, 0.29) is 30.6 Å². The second-order valence-electron chi connectivity index (χ2n) is 4.68. The van der Waals surface area contributed by atoms with Crippen molar-refractivity contribution in [2.75, 3.05) is 13.1 Å². The Bertz CT molecular complexity index is 705. The van der Waals surface area contributed by atoms with E-state index in [0.29, 0.717) is 17.9 Å². The van der Waals surface area contributed by atoms with Crippen LogP contribution >= 0.6 is 0 Å². The zero-order valence-corrected chi connectivity index (χ0v) is 12.5. The van der Waals surface area contributed by atoms with Gasteiger partial charge in [-0.2, -0.15) is 0 Å². The van der Waals surface area contributed by atoms with Gasteiger partial charge in [-0.15, -0.1) is 5.10 Å². The van der Waals surface area contributed by atoms with E-state index >= 15 is 0 Å². The molecule has 0 radical (unpaired) electrons. The zero-order valence-electron chi connectivity index (χ0n) is 12.5. The second kappa shape index (κ2) is 6.88. The first-order valence-electron chi connectivity index (χ1n) is 6.94. The predicted molar refractivity (Wildman–Crippen MR) is 79.9 cm³/mol. The zero-order chi connectivity index (χ0) is 16.1. The Morgan fingerprint density at radius 3 is 2.59 bits per heavy atom. The van der Waals surface area contributed by atoms with E-state index in [1.807, 2.05) is 6.92 Å². The molecular formula is C14H18FN5O2. The number of hydrogen-bond acceptors (Lipinski definition) is 3. The Labute approximate surface area is 126 Å². The summed E-state index contributed by atoms with van der Waals surface area (Å²) in [5, 5.41) is 9.45. The number of halogens is 1. The SMILES string of the molecule is CCNC(=O)NCCn1nc(-c2ccc(F)cc2)n(C)c1=O. The van der Waals surface area contributed by atoms with Crippen LogP contribution in [0.1, 0.15) is 6.92 Å². The highest BCUT2D eigenvalue weighted by molar-refractivity contribution is 5.73. The third-order valence-electron chi connectivity index (χ3n) is 3.09. The van der Waals surface area contributed by atoms with E-state index in [9.17, 15) is 14.0 Å². The number of urea groups is 1. The van der Waals surface area contributed by atoms with Crippen molar-refractivity contribution in [3.63, 3.8) is 0 Å². The fraction of sp³-hybridized carbons (Fsp3) is 0.357. The van der Waals surface area contributed by atoms with Gasteiger partial charge >= 0.3 is 11.7 Å². The highest BCUT2D eigenvalue weighted by atomic mass is 19.1. The standard InChI is InChI=1S/C14H18FN5O2/c1-3-16-13(21)17-8-9-20-14(22)19(2)12(18-20)10-4-6-11(15)7-5-10/h4-7H,3,8-9H2,1-2H3,(H2,16,17,21). The molecule has 1 aromatic heterocycles. The van der Waals surface area contributed by atoms with E-state index in [2.05, 4.69) is 15.7 Å². The van der Waals surface area contributed by atoms with Crippen molar-refractivity contribution >= 4 is 6.03 Å². The molecule has 0 bridgehead atoms. The van der Waals surface area contributed by atoms with Crippen LogP contribution in [0.25, 0.3) is 11.4 Å². The maximum absolute atomic E-state index is 13.0. The number of benzene rings is 1. The molecule has 2 rings (SSSR count). The Kier molecular flexibility index (Phi) is 4.92. The van der Waals surface area contributed by atoms with E-state index in [4.69, 9.17) is 0 Å². The molecule has 0 spiro atoms. The number of amides is 2. The Hall–Kier alpha value is -2.64. The van der Waals surface area contributed by atoms with Gasteiger partial charge in [-0.25, -0.2) is 18.7 Å². The summed E-state index contributed by atoms with van der Waals surface area (Å²) in [7, 11) is 1.60. The first-order valence-corrected chi connectivity index (χ1v) is 6.94. The minimum atomic E-state index is -0.348. The van der Waals surface area contributed by atoms with E-state index < -0.39 is 0 Å². The summed E-state index contributed by atoms with van der Waals surface area (Å²) >= 11 is 0. The summed E-state index contributed by atoms with van der Waals surface area (Å²) in [5.41, 5.74) is 0.355. The van der Waals surface area contributed by atoms with Crippen LogP contribution in [0.15, 0.2) is 29.1 Å². The van der Waals surface area contributed by atoms with Gasteiger partial charge in [0.1, 0.15) is 5.82 Å². The van der Waals surface area contributed by atoms with E-state index in [0.717, 1.165) is 0 Å². The molecule has 2 amide bonds. The number of nitrogens with one attached hydrogen (secondary N) is 2. The van der Waals surface area contributed by atoms with Gasteiger partial charge in [0.15, 0.2) is 5.82 Å². The molecule has 0 saturated carbocycles. The van der Waals surface area contributed by atoms with Crippen molar-refractivity contribution in [3.05, 3.63) is 40.6 Å². The summed E-state index contributed by atoms with van der Waals surface area (Å²) in [6, 6.07) is 5.47. The fourth-order valence-corrected chi connectivity index (χ4v) is 1.98. The van der Waals surface area contributed by atoms with Crippen LogP contribution in [0.2, 0.25) is 0 Å². The van der Waals surface area contributed by atoms with Crippen LogP contribution in [-0.4, -0.2) is 33.5 Å². The minimum Gasteiger partial charge on any atom is -0.338 e. The highest BCUT2D eigenvalue weighted by Gasteiger charge is 2.12. The van der Waals surface area contributed by atoms with Crippen LogP contribution in [-0.2, 0) is 13.6 Å². The number of nitrogens with zero attached hydrogens (tertiary/aromatic N) is 3. The number of carbonyl (C=O) groups is 1. The van der Waals surface area contributed by atoms with Crippen LogP contribution < -0.4 is 16.3 Å². The van der Waals surface area contributed by atoms with Gasteiger partial charge < -0.3 is 10.6 Å². The van der Waals surface area contributed by atoms with Crippen molar-refractivity contribution in [3.8, 4) is 11.4 Å². The molecule has 1 aromatic carbocycles. The molecule has 8 heteroatoms. The monoisotopic (exact) mass is 307 g/mol. The molecule has 0 fully saturated rings. The average molecular weight is 307 g/mol. The molecule has 2 N–H and O–H groups in total. The van der Waals surface area contributed by atoms with Gasteiger partial charge in [0.25, 0.3) is 0 Å². The van der Waals surface area contributed by atoms with E-state index in [1.54, 1.807) is 19.2 Å². The van der Waals surface area contributed by atoms with Crippen molar-refractivity contribution in [2.45, 2.75) is 13.5 Å². The maximum Gasteiger partial charge on any atom is 0.345 e. The first-order chi connectivity index (χ1) is 10.5. The van der Waals surface area contributed by atoms with Gasteiger partial charge in [0, 0.05) is 25.7 Å². The normalized spacial score (nSPS) is 10.5. The summed E-state index contributed by atoms with van der Waals surface area (Å²) < 4.78 is 15.6. The molecule has 118 valence electrons. The first kappa shape index (κ1) is 15.7. The quantitative estimate of drug-likeness (QED) is 0.853. The summed E-state index contributed by atoms with van der Waals surface area (Å²) in [4.78, 5) is 23.4. The smallest absolute Gasteiger partial charge is 0.338 e. The van der Waals surface area contributed by atoms with E-state index in [1.165, 1.54) is 21.4 Å². The molecule has 0 aliphatic heterocycles. The highest BCUT2D eigenvalue weighted by Crippen LogP contribution is 2.15. The fourth-order valence-electron chi connectivity index (χ4n) is 1.98. The van der Waals surface area contributed by atoms with Crippen LogP contribution in [0.3, 0.4) is 0 Å². The molecule has 0 aliphatic carbocycles. The molecule has 22 heavy (non-hydrogen) atoms. The van der Waals surface area contributed by atoms with Gasteiger partial charge in [-0.3, -0.25) is 4.57 Å².